The zero-order chi connectivity index (χ0) is 20.6. The first-order chi connectivity index (χ1) is 14.6. The molecule has 2 aliphatic rings. The van der Waals surface area contributed by atoms with Crippen LogP contribution >= 0.6 is 12.4 Å². The molecule has 4 nitrogen and oxygen atoms in total. The summed E-state index contributed by atoms with van der Waals surface area (Å²) in [6.45, 7) is 3.21. The Morgan fingerprint density at radius 3 is 2.48 bits per heavy atom. The van der Waals surface area contributed by atoms with Gasteiger partial charge in [0.05, 0.1) is 4.90 Å². The predicted octanol–water partition coefficient (Wildman–Crippen LogP) is 4.42. The molecule has 0 spiro atoms. The Hall–Kier alpha value is -1.92. The van der Waals surface area contributed by atoms with Crippen LogP contribution < -0.4 is 5.32 Å². The zero-order valence-electron chi connectivity index (χ0n) is 17.5. The number of nitrogens with one attached hydrogen (secondary N) is 1. The molecule has 0 aliphatic carbocycles. The zero-order valence-corrected chi connectivity index (χ0v) is 19.2. The van der Waals surface area contributed by atoms with Crippen LogP contribution in [0.4, 0.5) is 0 Å². The van der Waals surface area contributed by atoms with Crippen molar-refractivity contribution in [1.29, 1.82) is 0 Å². The fraction of sp³-hybridized carbons (Fsp3) is 0.360. The molecule has 0 radical (unpaired) electrons. The number of piperidine rings is 1. The van der Waals surface area contributed by atoms with Gasteiger partial charge in [0, 0.05) is 30.9 Å². The molecule has 3 aromatic carbocycles. The van der Waals surface area contributed by atoms with Gasteiger partial charge >= 0.3 is 0 Å². The maximum atomic E-state index is 14.2. The number of sulfone groups is 1. The molecule has 5 rings (SSSR count). The average Bonchev–Trinajstić information content (AvgIpc) is 2.79. The van der Waals surface area contributed by atoms with E-state index in [0.717, 1.165) is 49.7 Å². The second-order valence-corrected chi connectivity index (χ2v) is 10.5. The topological polar surface area (TPSA) is 49.4 Å². The molecule has 6 heteroatoms. The number of hydrogen-bond acceptors (Lipinski definition) is 4. The lowest BCUT2D eigenvalue weighted by Gasteiger charge is -2.40. The van der Waals surface area contributed by atoms with Crippen LogP contribution in [0, 0.1) is 5.92 Å². The maximum absolute atomic E-state index is 14.2. The minimum Gasteiger partial charge on any atom is -0.316 e. The highest BCUT2D eigenvalue weighted by Crippen LogP contribution is 2.35. The van der Waals surface area contributed by atoms with Gasteiger partial charge in [0.1, 0.15) is 5.37 Å². The molecule has 0 aromatic heterocycles. The molecular formula is C25H29ClN2O2S. The Labute approximate surface area is 191 Å². The Morgan fingerprint density at radius 1 is 0.935 bits per heavy atom. The molecule has 164 valence electrons. The summed E-state index contributed by atoms with van der Waals surface area (Å²) in [5.41, 5.74) is 2.60. The number of halogens is 1. The van der Waals surface area contributed by atoms with Crippen molar-refractivity contribution >= 4 is 33.0 Å². The van der Waals surface area contributed by atoms with Gasteiger partial charge in [0.2, 0.25) is 0 Å². The van der Waals surface area contributed by atoms with Gasteiger partial charge in [-0.2, -0.15) is 0 Å². The normalized spacial score (nSPS) is 20.6. The van der Waals surface area contributed by atoms with Crippen molar-refractivity contribution in [2.45, 2.75) is 36.1 Å². The highest BCUT2D eigenvalue weighted by atomic mass is 35.5. The highest BCUT2D eigenvalue weighted by molar-refractivity contribution is 7.92. The lowest BCUT2D eigenvalue weighted by Crippen LogP contribution is -2.52. The number of benzene rings is 3. The lowest BCUT2D eigenvalue weighted by molar-refractivity contribution is 0.162. The van der Waals surface area contributed by atoms with Gasteiger partial charge in [0.25, 0.3) is 0 Å². The van der Waals surface area contributed by atoms with Gasteiger partial charge in [-0.15, -0.1) is 12.4 Å². The first-order valence-corrected chi connectivity index (χ1v) is 12.4. The van der Waals surface area contributed by atoms with Crippen LogP contribution in [0.15, 0.2) is 71.6 Å². The molecule has 2 atom stereocenters. The Morgan fingerprint density at radius 2 is 1.68 bits per heavy atom. The molecule has 0 amide bonds. The van der Waals surface area contributed by atoms with E-state index < -0.39 is 15.2 Å². The third kappa shape index (κ3) is 4.24. The maximum Gasteiger partial charge on any atom is 0.195 e. The smallest absolute Gasteiger partial charge is 0.195 e. The van der Waals surface area contributed by atoms with E-state index in [9.17, 15) is 8.42 Å². The van der Waals surface area contributed by atoms with E-state index in [1.54, 1.807) is 6.07 Å². The number of fused-ring (bicyclic) bond motifs is 2. The molecule has 1 fully saturated rings. The van der Waals surface area contributed by atoms with Crippen molar-refractivity contribution in [3.63, 3.8) is 0 Å². The SMILES string of the molecule is Cl.O=S(=O)(c1cccc2ccccc12)C(C1CCCNC1)N1CCc2ccccc2C1. The third-order valence-electron chi connectivity index (χ3n) is 6.63. The second-order valence-electron chi connectivity index (χ2n) is 8.51. The molecule has 31 heavy (non-hydrogen) atoms. The van der Waals surface area contributed by atoms with Gasteiger partial charge in [-0.25, -0.2) is 8.42 Å². The minimum absolute atomic E-state index is 0. The van der Waals surface area contributed by atoms with Gasteiger partial charge in [-0.3, -0.25) is 4.90 Å². The summed E-state index contributed by atoms with van der Waals surface area (Å²) in [5.74, 6) is 0.0907. The summed E-state index contributed by atoms with van der Waals surface area (Å²) >= 11 is 0. The van der Waals surface area contributed by atoms with Crippen LogP contribution in [0.1, 0.15) is 24.0 Å². The summed E-state index contributed by atoms with van der Waals surface area (Å²) < 4.78 is 28.4. The predicted molar refractivity (Wildman–Crippen MR) is 128 cm³/mol. The fourth-order valence-electron chi connectivity index (χ4n) is 5.18. The molecule has 2 unspecified atom stereocenters. The van der Waals surface area contributed by atoms with Gasteiger partial charge < -0.3 is 5.32 Å². The largest absolute Gasteiger partial charge is 0.316 e. The van der Waals surface area contributed by atoms with Crippen LogP contribution in [0.3, 0.4) is 0 Å². The summed E-state index contributed by atoms with van der Waals surface area (Å²) in [5, 5.41) is 4.73. The summed E-state index contributed by atoms with van der Waals surface area (Å²) in [6, 6.07) is 21.9. The highest BCUT2D eigenvalue weighted by Gasteiger charge is 2.41. The quantitative estimate of drug-likeness (QED) is 0.631. The van der Waals surface area contributed by atoms with E-state index in [4.69, 9.17) is 0 Å². The first kappa shape index (κ1) is 22.3. The van der Waals surface area contributed by atoms with E-state index in [-0.39, 0.29) is 18.3 Å². The third-order valence-corrected chi connectivity index (χ3v) is 8.92. The minimum atomic E-state index is -3.54. The van der Waals surface area contributed by atoms with Crippen LogP contribution in [0.2, 0.25) is 0 Å². The number of hydrogen-bond donors (Lipinski definition) is 1. The van der Waals surface area contributed by atoms with Crippen LogP contribution in [0.5, 0.6) is 0 Å². The first-order valence-electron chi connectivity index (χ1n) is 10.9. The van der Waals surface area contributed by atoms with Crippen molar-refractivity contribution in [2.24, 2.45) is 5.92 Å². The van der Waals surface area contributed by atoms with E-state index in [1.807, 2.05) is 36.4 Å². The van der Waals surface area contributed by atoms with Gasteiger partial charge in [0.15, 0.2) is 9.84 Å². The Kier molecular flexibility index (Phi) is 6.68. The molecule has 1 saturated heterocycles. The van der Waals surface area contributed by atoms with Crippen LogP contribution in [0.25, 0.3) is 10.8 Å². The van der Waals surface area contributed by atoms with Crippen LogP contribution in [-0.4, -0.2) is 38.3 Å². The molecule has 0 saturated carbocycles. The molecule has 1 N–H and O–H groups in total. The van der Waals surface area contributed by atoms with Crippen molar-refractivity contribution in [1.82, 2.24) is 10.2 Å². The summed E-state index contributed by atoms with van der Waals surface area (Å²) in [6.07, 6.45) is 2.87. The Bertz CT molecular complexity index is 1150. The van der Waals surface area contributed by atoms with Crippen molar-refractivity contribution in [3.05, 3.63) is 77.9 Å². The lowest BCUT2D eigenvalue weighted by atomic mass is 9.95. The van der Waals surface area contributed by atoms with E-state index in [1.165, 1.54) is 11.1 Å². The van der Waals surface area contributed by atoms with E-state index in [0.29, 0.717) is 11.4 Å². The second kappa shape index (κ2) is 9.29. The van der Waals surface area contributed by atoms with Gasteiger partial charge in [-0.1, -0.05) is 60.7 Å². The number of nitrogens with zero attached hydrogens (tertiary/aromatic N) is 1. The summed E-state index contributed by atoms with van der Waals surface area (Å²) in [4.78, 5) is 2.69. The van der Waals surface area contributed by atoms with Crippen LogP contribution in [-0.2, 0) is 22.8 Å². The Balaban J connectivity index is 0.00000231. The van der Waals surface area contributed by atoms with E-state index in [2.05, 4.69) is 34.5 Å². The van der Waals surface area contributed by atoms with Crippen molar-refractivity contribution in [3.8, 4) is 0 Å². The monoisotopic (exact) mass is 456 g/mol. The molecular weight excluding hydrogens is 428 g/mol. The molecule has 0 bridgehead atoms. The van der Waals surface area contributed by atoms with Crippen molar-refractivity contribution < 1.29 is 8.42 Å². The van der Waals surface area contributed by atoms with Crippen molar-refractivity contribution in [2.75, 3.05) is 19.6 Å². The van der Waals surface area contributed by atoms with E-state index >= 15 is 0 Å². The molecule has 3 aromatic rings. The molecule has 2 aliphatic heterocycles. The average molecular weight is 457 g/mol. The van der Waals surface area contributed by atoms with Gasteiger partial charge in [-0.05, 0) is 48.4 Å². The fourth-order valence-corrected chi connectivity index (χ4v) is 7.51. The standard InChI is InChI=1S/C25H28N2O2S.ClH/c28-30(29,24-13-5-10-20-8-3-4-12-23(20)24)25(21-11-6-15-26-17-21)27-16-14-19-7-1-2-9-22(19)18-27;/h1-5,7-10,12-13,21,25-26H,6,11,14-18H2;1H. The molecule has 2 heterocycles. The number of rotatable bonds is 4. The summed E-state index contributed by atoms with van der Waals surface area (Å²) in [7, 11) is -3.54.